The smallest absolute Gasteiger partial charge is 0.0503 e. The van der Waals surface area contributed by atoms with E-state index in [1.165, 1.54) is 32.1 Å². The first-order valence-electron chi connectivity index (χ1n) is 6.23. The third-order valence-corrected chi connectivity index (χ3v) is 4.55. The Hall–Kier alpha value is -0.130. The van der Waals surface area contributed by atoms with Crippen LogP contribution in [0.25, 0.3) is 0 Å². The zero-order valence-electron chi connectivity index (χ0n) is 8.60. The Morgan fingerprint density at radius 1 is 0.769 bits per heavy atom. The highest BCUT2D eigenvalue weighted by Crippen LogP contribution is 2.49. The lowest BCUT2D eigenvalue weighted by molar-refractivity contribution is 0.148. The van der Waals surface area contributed by atoms with Gasteiger partial charge in [0.25, 0.3) is 0 Å². The van der Waals surface area contributed by atoms with E-state index < -0.39 is 0 Å². The Morgan fingerprint density at radius 3 is 2.23 bits per heavy atom. The summed E-state index contributed by atoms with van der Waals surface area (Å²) in [6, 6.07) is 0. The zero-order chi connectivity index (χ0) is 8.67. The minimum absolute atomic E-state index is 1.12. The van der Waals surface area contributed by atoms with Gasteiger partial charge >= 0.3 is 0 Å². The van der Waals surface area contributed by atoms with Gasteiger partial charge in [-0.2, -0.15) is 0 Å². The summed E-state index contributed by atoms with van der Waals surface area (Å²) < 4.78 is 0. The topological polar surface area (TPSA) is 0 Å². The summed E-state index contributed by atoms with van der Waals surface area (Å²) in [5.41, 5.74) is 0. The molecule has 13 heavy (non-hydrogen) atoms. The van der Waals surface area contributed by atoms with Crippen molar-refractivity contribution in [2.75, 3.05) is 0 Å². The molecule has 0 radical (unpaired) electrons. The summed E-state index contributed by atoms with van der Waals surface area (Å²) >= 11 is 0. The molecule has 0 nitrogen and oxygen atoms in total. The van der Waals surface area contributed by atoms with Gasteiger partial charge in [0.15, 0.2) is 0 Å². The first-order valence-corrected chi connectivity index (χ1v) is 6.23. The van der Waals surface area contributed by atoms with Crippen LogP contribution in [0, 0.1) is 23.7 Å². The molecule has 0 N–H and O–H groups in total. The van der Waals surface area contributed by atoms with E-state index in [2.05, 4.69) is 0 Å². The zero-order valence-corrected chi connectivity index (χ0v) is 8.60. The molecule has 4 saturated carbocycles. The number of fused-ring (bicyclic) bond motifs is 3. The Labute approximate surface area is 82.1 Å². The van der Waals surface area contributed by atoms with Crippen LogP contribution in [-0.4, -0.2) is 0 Å². The third kappa shape index (κ3) is 1.60. The van der Waals surface area contributed by atoms with Crippen LogP contribution in [0.5, 0.6) is 0 Å². The SMILES string of the molecule is C1CCC2CC3C[C+](C1)CC(C2)C3. The van der Waals surface area contributed by atoms with Crippen molar-refractivity contribution in [2.45, 2.75) is 57.8 Å². The van der Waals surface area contributed by atoms with E-state index in [1.54, 1.807) is 25.7 Å². The molecule has 0 saturated heterocycles. The van der Waals surface area contributed by atoms with Crippen molar-refractivity contribution in [3.63, 3.8) is 0 Å². The maximum atomic E-state index is 1.95. The fraction of sp³-hybridized carbons (Fsp3) is 0.923. The molecule has 0 spiro atoms. The molecule has 0 heterocycles. The lowest BCUT2D eigenvalue weighted by Gasteiger charge is -2.36. The van der Waals surface area contributed by atoms with Gasteiger partial charge in [0.05, 0.1) is 25.2 Å². The predicted molar refractivity (Wildman–Crippen MR) is 55.3 cm³/mol. The molecule has 0 aliphatic heterocycles. The molecule has 2 unspecified atom stereocenters. The molecule has 72 valence electrons. The van der Waals surface area contributed by atoms with Crippen molar-refractivity contribution >= 4 is 0 Å². The van der Waals surface area contributed by atoms with Crippen molar-refractivity contribution in [3.05, 3.63) is 5.92 Å². The Bertz CT molecular complexity index is 148. The summed E-state index contributed by atoms with van der Waals surface area (Å²) in [5.74, 6) is 5.31. The van der Waals surface area contributed by atoms with Crippen LogP contribution in [-0.2, 0) is 0 Å². The molecule has 4 fully saturated rings. The van der Waals surface area contributed by atoms with E-state index >= 15 is 0 Å². The molecule has 0 aromatic heterocycles. The standard InChI is InChI=1S/C13H21/c1-2-4-11-7-12-5-10(3-1)6-13(8-11)9-12/h10,12-13H,1-9H2/q+1. The molecule has 0 amide bonds. The molecule has 2 atom stereocenters. The molecule has 0 aromatic carbocycles. The summed E-state index contributed by atoms with van der Waals surface area (Å²) in [5, 5.41) is 0. The first kappa shape index (κ1) is 8.20. The van der Waals surface area contributed by atoms with E-state index in [-0.39, 0.29) is 0 Å². The third-order valence-electron chi connectivity index (χ3n) is 4.55. The molecule has 4 aliphatic carbocycles. The van der Waals surface area contributed by atoms with Crippen LogP contribution < -0.4 is 0 Å². The maximum absolute atomic E-state index is 1.95. The van der Waals surface area contributed by atoms with Gasteiger partial charge in [-0.05, 0) is 38.0 Å². The Balaban J connectivity index is 1.80. The Kier molecular flexibility index (Phi) is 2.03. The quantitative estimate of drug-likeness (QED) is 0.491. The summed E-state index contributed by atoms with van der Waals surface area (Å²) in [6.45, 7) is 0. The summed E-state index contributed by atoms with van der Waals surface area (Å²) in [6.07, 6.45) is 13.9. The van der Waals surface area contributed by atoms with Crippen LogP contribution in [0.1, 0.15) is 57.8 Å². The minimum Gasteiger partial charge on any atom is -0.0503 e. The predicted octanol–water partition coefficient (Wildman–Crippen LogP) is 3.96. The fourth-order valence-corrected chi connectivity index (χ4v) is 4.18. The van der Waals surface area contributed by atoms with Crippen LogP contribution in [0.3, 0.4) is 0 Å². The molecular formula is C13H21+. The molecule has 4 aliphatic rings. The largest absolute Gasteiger partial charge is 0.0928 e. The monoisotopic (exact) mass is 177 g/mol. The van der Waals surface area contributed by atoms with Gasteiger partial charge in [-0.3, -0.25) is 0 Å². The molecule has 0 aromatic rings. The van der Waals surface area contributed by atoms with Crippen LogP contribution in [0.4, 0.5) is 0 Å². The molecular weight excluding hydrogens is 156 g/mol. The molecule has 0 heteroatoms. The fourth-order valence-electron chi connectivity index (χ4n) is 4.18. The van der Waals surface area contributed by atoms with E-state index in [0.717, 1.165) is 17.8 Å². The van der Waals surface area contributed by atoms with E-state index in [4.69, 9.17) is 0 Å². The number of rotatable bonds is 0. The van der Waals surface area contributed by atoms with Gasteiger partial charge in [-0.25, -0.2) is 0 Å². The van der Waals surface area contributed by atoms with E-state index in [0.29, 0.717) is 0 Å². The van der Waals surface area contributed by atoms with Crippen molar-refractivity contribution in [2.24, 2.45) is 17.8 Å². The number of hydrogen-bond donors (Lipinski definition) is 0. The van der Waals surface area contributed by atoms with Crippen LogP contribution in [0.2, 0.25) is 0 Å². The van der Waals surface area contributed by atoms with Gasteiger partial charge in [0, 0.05) is 11.8 Å². The maximum Gasteiger partial charge on any atom is 0.0928 e. The van der Waals surface area contributed by atoms with Gasteiger partial charge in [-0.1, -0.05) is 6.42 Å². The normalized spacial score (nSPS) is 44.3. The van der Waals surface area contributed by atoms with Crippen LogP contribution >= 0.6 is 0 Å². The summed E-state index contributed by atoms with van der Waals surface area (Å²) in [4.78, 5) is 0. The highest BCUT2D eigenvalue weighted by atomic mass is 14.4. The average Bonchev–Trinajstić information content (AvgIpc) is 2.19. The molecule has 4 bridgehead atoms. The highest BCUT2D eigenvalue weighted by molar-refractivity contribution is 5.02. The Morgan fingerprint density at radius 2 is 1.46 bits per heavy atom. The van der Waals surface area contributed by atoms with Crippen molar-refractivity contribution < 1.29 is 0 Å². The van der Waals surface area contributed by atoms with Crippen molar-refractivity contribution in [1.82, 2.24) is 0 Å². The van der Waals surface area contributed by atoms with E-state index in [1.807, 2.05) is 5.92 Å². The van der Waals surface area contributed by atoms with Crippen LogP contribution in [0.15, 0.2) is 0 Å². The van der Waals surface area contributed by atoms with Gasteiger partial charge in [-0.15, -0.1) is 0 Å². The number of hydrogen-bond acceptors (Lipinski definition) is 0. The lowest BCUT2D eigenvalue weighted by atomic mass is 9.64. The van der Waals surface area contributed by atoms with E-state index in [9.17, 15) is 0 Å². The first-order chi connectivity index (χ1) is 6.40. The second kappa shape index (κ2) is 3.22. The highest BCUT2D eigenvalue weighted by Gasteiger charge is 2.42. The second-order valence-corrected chi connectivity index (χ2v) is 5.71. The van der Waals surface area contributed by atoms with Crippen molar-refractivity contribution in [3.8, 4) is 0 Å². The average molecular weight is 177 g/mol. The molecule has 4 rings (SSSR count). The summed E-state index contributed by atoms with van der Waals surface area (Å²) in [7, 11) is 0. The van der Waals surface area contributed by atoms with Gasteiger partial charge < -0.3 is 0 Å². The second-order valence-electron chi connectivity index (χ2n) is 5.71. The van der Waals surface area contributed by atoms with Crippen molar-refractivity contribution in [1.29, 1.82) is 0 Å². The minimum atomic E-state index is 1.12. The van der Waals surface area contributed by atoms with Gasteiger partial charge in [0.1, 0.15) is 0 Å². The lowest BCUT2D eigenvalue weighted by Crippen LogP contribution is -2.29. The van der Waals surface area contributed by atoms with Gasteiger partial charge in [0.2, 0.25) is 0 Å².